The van der Waals surface area contributed by atoms with Crippen molar-refractivity contribution in [1.29, 1.82) is 0 Å². The van der Waals surface area contributed by atoms with Crippen LogP contribution in [0.5, 0.6) is 0 Å². The zero-order valence-corrected chi connectivity index (χ0v) is 5.70. The number of hydrogen-bond acceptors (Lipinski definition) is 2. The molecule has 0 aromatic heterocycles. The molecule has 0 radical (unpaired) electrons. The third-order valence-electron chi connectivity index (χ3n) is 0.825. The first kappa shape index (κ1) is 7.79. The van der Waals surface area contributed by atoms with Crippen molar-refractivity contribution >= 4 is 12.6 Å². The number of rotatable bonds is 3. The van der Waals surface area contributed by atoms with E-state index in [4.69, 9.17) is 5.73 Å². The van der Waals surface area contributed by atoms with E-state index in [0.29, 0.717) is 6.42 Å². The SMILES string of the molecule is C=CCC(N)(S)C=C. The van der Waals surface area contributed by atoms with Gasteiger partial charge < -0.3 is 5.73 Å². The van der Waals surface area contributed by atoms with Gasteiger partial charge in [0.15, 0.2) is 0 Å². The number of nitrogens with two attached hydrogens (primary N) is 1. The summed E-state index contributed by atoms with van der Waals surface area (Å²) >= 11 is 4.06. The van der Waals surface area contributed by atoms with Gasteiger partial charge >= 0.3 is 0 Å². The summed E-state index contributed by atoms with van der Waals surface area (Å²) in [5, 5.41) is 0. The van der Waals surface area contributed by atoms with E-state index in [1.54, 1.807) is 12.2 Å². The highest BCUT2D eigenvalue weighted by atomic mass is 32.1. The number of thiol groups is 1. The quantitative estimate of drug-likeness (QED) is 0.335. The number of hydrogen-bond donors (Lipinski definition) is 2. The monoisotopic (exact) mass is 129 g/mol. The maximum Gasteiger partial charge on any atom is 0.0809 e. The minimum Gasteiger partial charge on any atom is -0.314 e. The molecule has 1 atom stereocenters. The summed E-state index contributed by atoms with van der Waals surface area (Å²) in [4.78, 5) is -0.568. The predicted octanol–water partition coefficient (Wildman–Crippen LogP) is 1.33. The highest BCUT2D eigenvalue weighted by molar-refractivity contribution is 7.82. The summed E-state index contributed by atoms with van der Waals surface area (Å²) in [6.45, 7) is 7.02. The average Bonchev–Trinajstić information content (AvgIpc) is 1.67. The zero-order valence-electron chi connectivity index (χ0n) is 4.80. The van der Waals surface area contributed by atoms with Crippen molar-refractivity contribution in [2.45, 2.75) is 11.3 Å². The van der Waals surface area contributed by atoms with Crippen LogP contribution in [0.4, 0.5) is 0 Å². The summed E-state index contributed by atoms with van der Waals surface area (Å²) in [6.07, 6.45) is 3.96. The molecule has 2 heteroatoms. The molecule has 0 saturated heterocycles. The van der Waals surface area contributed by atoms with Gasteiger partial charge in [0.25, 0.3) is 0 Å². The summed E-state index contributed by atoms with van der Waals surface area (Å²) in [6, 6.07) is 0. The fourth-order valence-corrected chi connectivity index (χ4v) is 0.444. The Balaban J connectivity index is 3.70. The first-order chi connectivity index (χ1) is 3.62. The van der Waals surface area contributed by atoms with E-state index >= 15 is 0 Å². The van der Waals surface area contributed by atoms with Crippen LogP contribution in [0.2, 0.25) is 0 Å². The molecule has 0 aliphatic carbocycles. The molecular formula is C6H11NS. The summed E-state index contributed by atoms with van der Waals surface area (Å²) in [5.74, 6) is 0. The standard InChI is InChI=1S/C6H11NS/c1-3-5-6(7,8)4-2/h3-4,8H,1-2,5,7H2. The molecule has 0 amide bonds. The van der Waals surface area contributed by atoms with Crippen molar-refractivity contribution in [3.05, 3.63) is 25.3 Å². The molecule has 0 bridgehead atoms. The first-order valence-electron chi connectivity index (χ1n) is 2.38. The van der Waals surface area contributed by atoms with E-state index in [1.165, 1.54) is 0 Å². The van der Waals surface area contributed by atoms with Gasteiger partial charge in [-0.1, -0.05) is 12.2 Å². The van der Waals surface area contributed by atoms with Crippen LogP contribution >= 0.6 is 12.6 Å². The fraction of sp³-hybridized carbons (Fsp3) is 0.333. The zero-order chi connectivity index (χ0) is 6.62. The van der Waals surface area contributed by atoms with Crippen LogP contribution in [0, 0.1) is 0 Å². The lowest BCUT2D eigenvalue weighted by Gasteiger charge is -2.14. The molecule has 1 nitrogen and oxygen atoms in total. The molecule has 0 aromatic carbocycles. The molecule has 0 saturated carbocycles. The van der Waals surface area contributed by atoms with Crippen LogP contribution in [0.25, 0.3) is 0 Å². The van der Waals surface area contributed by atoms with Gasteiger partial charge in [-0.05, 0) is 6.42 Å². The maximum absolute atomic E-state index is 5.50. The predicted molar refractivity (Wildman–Crippen MR) is 40.9 cm³/mol. The average molecular weight is 129 g/mol. The van der Waals surface area contributed by atoms with Crippen molar-refractivity contribution in [2.24, 2.45) is 5.73 Å². The van der Waals surface area contributed by atoms with E-state index in [1.807, 2.05) is 0 Å². The minimum atomic E-state index is -0.568. The van der Waals surface area contributed by atoms with Crippen molar-refractivity contribution < 1.29 is 0 Å². The van der Waals surface area contributed by atoms with E-state index in [2.05, 4.69) is 25.8 Å². The molecule has 8 heavy (non-hydrogen) atoms. The van der Waals surface area contributed by atoms with Crippen molar-refractivity contribution in [1.82, 2.24) is 0 Å². The molecule has 2 N–H and O–H groups in total. The van der Waals surface area contributed by atoms with E-state index < -0.39 is 4.87 Å². The van der Waals surface area contributed by atoms with Gasteiger partial charge in [0.1, 0.15) is 0 Å². The van der Waals surface area contributed by atoms with Gasteiger partial charge in [0.05, 0.1) is 4.87 Å². The van der Waals surface area contributed by atoms with Gasteiger partial charge in [-0.2, -0.15) is 12.6 Å². The fourth-order valence-electron chi connectivity index (χ4n) is 0.315. The summed E-state index contributed by atoms with van der Waals surface area (Å²) in [7, 11) is 0. The Morgan fingerprint density at radius 3 is 2.25 bits per heavy atom. The second-order valence-corrected chi connectivity index (χ2v) is 2.52. The van der Waals surface area contributed by atoms with Crippen LogP contribution < -0.4 is 5.73 Å². The van der Waals surface area contributed by atoms with Gasteiger partial charge in [-0.15, -0.1) is 13.2 Å². The maximum atomic E-state index is 5.50. The smallest absolute Gasteiger partial charge is 0.0809 e. The Kier molecular flexibility index (Phi) is 2.87. The lowest BCUT2D eigenvalue weighted by molar-refractivity contribution is 0.775. The van der Waals surface area contributed by atoms with Gasteiger partial charge in [-0.25, -0.2) is 0 Å². The molecule has 0 aliphatic heterocycles. The van der Waals surface area contributed by atoms with Crippen LogP contribution in [0.3, 0.4) is 0 Å². The second kappa shape index (κ2) is 2.95. The largest absolute Gasteiger partial charge is 0.314 e. The minimum absolute atomic E-state index is 0.568. The summed E-state index contributed by atoms with van der Waals surface area (Å²) < 4.78 is 0. The third kappa shape index (κ3) is 2.88. The van der Waals surface area contributed by atoms with Gasteiger partial charge in [0, 0.05) is 0 Å². The van der Waals surface area contributed by atoms with E-state index in [-0.39, 0.29) is 0 Å². The Morgan fingerprint density at radius 2 is 2.12 bits per heavy atom. The molecule has 1 unspecified atom stereocenters. The second-order valence-electron chi connectivity index (χ2n) is 1.69. The molecule has 0 rings (SSSR count). The van der Waals surface area contributed by atoms with Crippen LogP contribution in [0.15, 0.2) is 25.3 Å². The van der Waals surface area contributed by atoms with E-state index in [9.17, 15) is 0 Å². The van der Waals surface area contributed by atoms with Crippen molar-refractivity contribution in [3.63, 3.8) is 0 Å². The Bertz CT molecular complexity index is 96.7. The Morgan fingerprint density at radius 1 is 1.62 bits per heavy atom. The van der Waals surface area contributed by atoms with E-state index in [0.717, 1.165) is 0 Å². The summed E-state index contributed by atoms with van der Waals surface area (Å²) in [5.41, 5.74) is 5.50. The normalized spacial score (nSPS) is 16.8. The van der Waals surface area contributed by atoms with Crippen LogP contribution in [0.1, 0.15) is 6.42 Å². The lowest BCUT2D eigenvalue weighted by atomic mass is 10.2. The first-order valence-corrected chi connectivity index (χ1v) is 2.83. The van der Waals surface area contributed by atoms with Gasteiger partial charge in [-0.3, -0.25) is 0 Å². The van der Waals surface area contributed by atoms with Crippen molar-refractivity contribution in [2.75, 3.05) is 0 Å². The van der Waals surface area contributed by atoms with Crippen molar-refractivity contribution in [3.8, 4) is 0 Å². The third-order valence-corrected chi connectivity index (χ3v) is 1.19. The molecule has 0 aliphatic rings. The molecule has 0 spiro atoms. The van der Waals surface area contributed by atoms with Crippen LogP contribution in [-0.4, -0.2) is 4.87 Å². The highest BCUT2D eigenvalue weighted by Gasteiger charge is 2.10. The molecule has 0 aromatic rings. The molecule has 0 heterocycles. The van der Waals surface area contributed by atoms with Crippen LogP contribution in [-0.2, 0) is 0 Å². The Labute approximate surface area is 55.7 Å². The highest BCUT2D eigenvalue weighted by Crippen LogP contribution is 2.11. The topological polar surface area (TPSA) is 26.0 Å². The van der Waals surface area contributed by atoms with Gasteiger partial charge in [0.2, 0.25) is 0 Å². The Hall–Kier alpha value is -0.210. The molecule has 0 fully saturated rings. The molecule has 46 valence electrons. The lowest BCUT2D eigenvalue weighted by Crippen LogP contribution is -2.29. The molecular weight excluding hydrogens is 118 g/mol.